The molecule has 0 amide bonds. The van der Waals surface area contributed by atoms with Crippen molar-refractivity contribution in [2.45, 2.75) is 27.3 Å². The van der Waals surface area contributed by atoms with Crippen molar-refractivity contribution in [3.63, 3.8) is 0 Å². The molecule has 1 aromatic rings. The molecule has 96 valence electrons. The molecule has 0 saturated carbocycles. The van der Waals surface area contributed by atoms with Crippen molar-refractivity contribution in [3.8, 4) is 0 Å². The quantitative estimate of drug-likeness (QED) is 0.759. The summed E-state index contributed by atoms with van der Waals surface area (Å²) in [5.74, 6) is 0.575. The van der Waals surface area contributed by atoms with Gasteiger partial charge in [-0.25, -0.2) is 4.98 Å². The second kappa shape index (κ2) is 5.12. The molecule has 0 fully saturated rings. The van der Waals surface area contributed by atoms with Crippen molar-refractivity contribution in [2.75, 3.05) is 12.3 Å². The maximum atomic E-state index is 5.75. The predicted molar refractivity (Wildman–Crippen MR) is 74.7 cm³/mol. The minimum absolute atomic E-state index is 0.575. The summed E-state index contributed by atoms with van der Waals surface area (Å²) in [4.78, 5) is 4.32. The number of aromatic nitrogens is 1. The van der Waals surface area contributed by atoms with Gasteiger partial charge in [0.1, 0.15) is 5.82 Å². The summed E-state index contributed by atoms with van der Waals surface area (Å²) in [5.41, 5.74) is 11.5. The first-order valence-corrected chi connectivity index (χ1v) is 6.15. The summed E-state index contributed by atoms with van der Waals surface area (Å²) in [6.07, 6.45) is 2.17. The number of nitrogens with two attached hydrogens (primary N) is 1. The van der Waals surface area contributed by atoms with Crippen LogP contribution in [0.2, 0.25) is 0 Å². The Morgan fingerprint density at radius 3 is 2.78 bits per heavy atom. The molecule has 0 bridgehead atoms. The molecule has 2 rings (SSSR count). The van der Waals surface area contributed by atoms with Crippen molar-refractivity contribution < 1.29 is 0 Å². The van der Waals surface area contributed by atoms with E-state index >= 15 is 0 Å². The van der Waals surface area contributed by atoms with E-state index in [-0.39, 0.29) is 0 Å². The Hall–Kier alpha value is -1.97. The molecule has 0 aliphatic carbocycles. The van der Waals surface area contributed by atoms with Gasteiger partial charge >= 0.3 is 0 Å². The van der Waals surface area contributed by atoms with E-state index in [4.69, 9.17) is 5.73 Å². The maximum Gasteiger partial charge on any atom is 0.123 e. The van der Waals surface area contributed by atoms with E-state index in [1.54, 1.807) is 0 Å². The van der Waals surface area contributed by atoms with Crippen molar-refractivity contribution in [1.82, 2.24) is 15.6 Å². The third kappa shape index (κ3) is 2.83. The Balaban J connectivity index is 2.10. The van der Waals surface area contributed by atoms with Crippen molar-refractivity contribution >= 4 is 5.82 Å². The molecule has 4 nitrogen and oxygen atoms in total. The molecule has 0 atom stereocenters. The van der Waals surface area contributed by atoms with Gasteiger partial charge in [-0.15, -0.1) is 0 Å². The zero-order valence-electron chi connectivity index (χ0n) is 11.2. The molecule has 0 saturated heterocycles. The lowest BCUT2D eigenvalue weighted by molar-refractivity contribution is 0.739. The molecular formula is C14H20N4. The van der Waals surface area contributed by atoms with Crippen LogP contribution in [-0.2, 0) is 6.54 Å². The number of anilines is 1. The Bertz CT molecular complexity index is 494. The van der Waals surface area contributed by atoms with Crippen molar-refractivity contribution in [2.24, 2.45) is 0 Å². The maximum absolute atomic E-state index is 5.75. The summed E-state index contributed by atoms with van der Waals surface area (Å²) < 4.78 is 0. The Labute approximate surface area is 108 Å². The standard InChI is InChI=1S/C14H20N4/c1-9-6-12(18-13(15)7-9)8-17-14-10(2)4-5-16-11(14)3/h4,6-7,16-17H,5,8H2,1-3H3,(H2,15,18). The monoisotopic (exact) mass is 244 g/mol. The lowest BCUT2D eigenvalue weighted by Gasteiger charge is -2.20. The number of hydrogen-bond donors (Lipinski definition) is 3. The van der Waals surface area contributed by atoms with E-state index in [2.05, 4.69) is 41.6 Å². The SMILES string of the molecule is CC1=CCNC(C)=C1NCc1cc(C)cc(N)n1. The van der Waals surface area contributed by atoms with Crippen LogP contribution in [0, 0.1) is 6.92 Å². The van der Waals surface area contributed by atoms with Crippen molar-refractivity contribution in [3.05, 3.63) is 46.4 Å². The van der Waals surface area contributed by atoms with Gasteiger partial charge in [0, 0.05) is 12.2 Å². The summed E-state index contributed by atoms with van der Waals surface area (Å²) in [5, 5.41) is 6.74. The molecular weight excluding hydrogens is 224 g/mol. The largest absolute Gasteiger partial charge is 0.384 e. The average Bonchev–Trinajstić information content (AvgIpc) is 2.27. The summed E-state index contributed by atoms with van der Waals surface area (Å²) >= 11 is 0. The number of dihydropyridines is 1. The third-order valence-corrected chi connectivity index (χ3v) is 3.03. The minimum atomic E-state index is 0.575. The van der Waals surface area contributed by atoms with Gasteiger partial charge in [-0.3, -0.25) is 0 Å². The normalized spacial score (nSPS) is 15.2. The lowest BCUT2D eigenvalue weighted by Crippen LogP contribution is -2.26. The van der Waals surface area contributed by atoms with Crippen LogP contribution in [0.5, 0.6) is 0 Å². The molecule has 0 aromatic carbocycles. The summed E-state index contributed by atoms with van der Waals surface area (Å²) in [6.45, 7) is 7.81. The van der Waals surface area contributed by atoms with Crippen LogP contribution >= 0.6 is 0 Å². The second-order valence-electron chi connectivity index (χ2n) is 4.68. The van der Waals surface area contributed by atoms with Gasteiger partial charge in [-0.05, 0) is 44.0 Å². The topological polar surface area (TPSA) is 63.0 Å². The number of pyridine rings is 1. The molecule has 1 aliphatic rings. The smallest absolute Gasteiger partial charge is 0.123 e. The van der Waals surface area contributed by atoms with E-state index in [0.717, 1.165) is 23.5 Å². The minimum Gasteiger partial charge on any atom is -0.384 e. The van der Waals surface area contributed by atoms with Crippen molar-refractivity contribution in [1.29, 1.82) is 0 Å². The molecule has 0 unspecified atom stereocenters. The van der Waals surface area contributed by atoms with Crippen LogP contribution in [0.1, 0.15) is 25.1 Å². The number of nitrogens with one attached hydrogen (secondary N) is 2. The molecule has 2 heterocycles. The van der Waals surface area contributed by atoms with Gasteiger partial charge in [0.05, 0.1) is 17.9 Å². The number of nitrogens with zero attached hydrogens (tertiary/aromatic N) is 1. The Kier molecular flexibility index (Phi) is 3.55. The molecule has 1 aromatic heterocycles. The molecule has 1 aliphatic heterocycles. The van der Waals surface area contributed by atoms with E-state index in [1.165, 1.54) is 11.3 Å². The van der Waals surface area contributed by atoms with Gasteiger partial charge < -0.3 is 16.4 Å². The first kappa shape index (κ1) is 12.5. The third-order valence-electron chi connectivity index (χ3n) is 3.03. The first-order valence-electron chi connectivity index (χ1n) is 6.15. The summed E-state index contributed by atoms with van der Waals surface area (Å²) in [6, 6.07) is 3.93. The first-order chi connectivity index (χ1) is 8.56. The molecule has 0 radical (unpaired) electrons. The van der Waals surface area contributed by atoms with Gasteiger partial charge in [0.25, 0.3) is 0 Å². The second-order valence-corrected chi connectivity index (χ2v) is 4.68. The fourth-order valence-electron chi connectivity index (χ4n) is 2.15. The molecule has 0 spiro atoms. The van der Waals surface area contributed by atoms with Gasteiger partial charge in [-0.1, -0.05) is 6.08 Å². The fourth-order valence-corrected chi connectivity index (χ4v) is 2.15. The van der Waals surface area contributed by atoms with Crippen LogP contribution in [0.4, 0.5) is 5.82 Å². The van der Waals surface area contributed by atoms with E-state index < -0.39 is 0 Å². The zero-order valence-corrected chi connectivity index (χ0v) is 11.2. The molecule has 4 heteroatoms. The van der Waals surface area contributed by atoms with E-state index in [9.17, 15) is 0 Å². The highest BCUT2D eigenvalue weighted by Crippen LogP contribution is 2.14. The highest BCUT2D eigenvalue weighted by Gasteiger charge is 2.09. The number of nitrogen functional groups attached to an aromatic ring is 1. The average molecular weight is 244 g/mol. The fraction of sp³-hybridized carbons (Fsp3) is 0.357. The van der Waals surface area contributed by atoms with Gasteiger partial charge in [0.2, 0.25) is 0 Å². The van der Waals surface area contributed by atoms with Gasteiger partial charge in [-0.2, -0.15) is 0 Å². The Morgan fingerprint density at radius 2 is 2.11 bits per heavy atom. The molecule has 18 heavy (non-hydrogen) atoms. The van der Waals surface area contributed by atoms with Crippen LogP contribution in [0.25, 0.3) is 0 Å². The number of hydrogen-bond acceptors (Lipinski definition) is 4. The highest BCUT2D eigenvalue weighted by molar-refractivity contribution is 5.36. The van der Waals surface area contributed by atoms with Crippen LogP contribution < -0.4 is 16.4 Å². The number of aryl methyl sites for hydroxylation is 1. The molecule has 4 N–H and O–H groups in total. The van der Waals surface area contributed by atoms with E-state index in [1.807, 2.05) is 13.0 Å². The van der Waals surface area contributed by atoms with E-state index in [0.29, 0.717) is 12.4 Å². The van der Waals surface area contributed by atoms with Gasteiger partial charge in [0.15, 0.2) is 0 Å². The van der Waals surface area contributed by atoms with Crippen LogP contribution in [0.15, 0.2) is 35.2 Å². The predicted octanol–water partition coefficient (Wildman–Crippen LogP) is 1.84. The number of allylic oxidation sites excluding steroid dienone is 2. The number of rotatable bonds is 3. The van der Waals surface area contributed by atoms with Crippen LogP contribution in [-0.4, -0.2) is 11.5 Å². The highest BCUT2D eigenvalue weighted by atomic mass is 15.0. The Morgan fingerprint density at radius 1 is 1.33 bits per heavy atom. The lowest BCUT2D eigenvalue weighted by atomic mass is 10.1. The zero-order chi connectivity index (χ0) is 13.1. The summed E-state index contributed by atoms with van der Waals surface area (Å²) in [7, 11) is 0. The van der Waals surface area contributed by atoms with Crippen LogP contribution in [0.3, 0.4) is 0 Å².